The van der Waals surface area contributed by atoms with Crippen molar-refractivity contribution < 1.29 is 4.39 Å². The van der Waals surface area contributed by atoms with E-state index in [2.05, 4.69) is 29.4 Å². The van der Waals surface area contributed by atoms with Crippen molar-refractivity contribution in [3.8, 4) is 11.4 Å². The third kappa shape index (κ3) is 2.72. The molecule has 0 spiro atoms. The Morgan fingerprint density at radius 3 is 2.79 bits per heavy atom. The van der Waals surface area contributed by atoms with Crippen molar-refractivity contribution in [2.24, 2.45) is 0 Å². The molecule has 102 valence electrons. The number of nitrogen functional groups attached to an aromatic ring is 1. The smallest absolute Gasteiger partial charge is 0.185 e. The van der Waals surface area contributed by atoms with Gasteiger partial charge in [-0.1, -0.05) is 20.3 Å². The number of halogens is 1. The number of tetrazole rings is 1. The quantitative estimate of drug-likeness (QED) is 0.842. The summed E-state index contributed by atoms with van der Waals surface area (Å²) >= 11 is 0. The lowest BCUT2D eigenvalue weighted by molar-refractivity contribution is 0.403. The Bertz CT molecular complexity index is 552. The van der Waals surface area contributed by atoms with Gasteiger partial charge in [-0.15, -0.1) is 5.10 Å². The monoisotopic (exact) mass is 263 g/mol. The highest BCUT2D eigenvalue weighted by atomic mass is 19.1. The first-order valence-corrected chi connectivity index (χ1v) is 6.50. The van der Waals surface area contributed by atoms with Crippen LogP contribution in [0.4, 0.5) is 10.1 Å². The Balaban J connectivity index is 2.43. The molecule has 0 aliphatic heterocycles. The second-order valence-corrected chi connectivity index (χ2v) is 4.54. The number of hydrogen-bond donors (Lipinski definition) is 1. The third-order valence-electron chi connectivity index (χ3n) is 3.17. The molecule has 0 radical (unpaired) electrons. The van der Waals surface area contributed by atoms with E-state index in [1.165, 1.54) is 6.07 Å². The van der Waals surface area contributed by atoms with Gasteiger partial charge in [-0.2, -0.15) is 0 Å². The second kappa shape index (κ2) is 5.77. The van der Waals surface area contributed by atoms with E-state index in [-0.39, 0.29) is 6.04 Å². The summed E-state index contributed by atoms with van der Waals surface area (Å²) in [6.45, 7) is 4.18. The van der Waals surface area contributed by atoms with Gasteiger partial charge in [0.2, 0.25) is 0 Å². The molecule has 0 bridgehead atoms. The molecule has 19 heavy (non-hydrogen) atoms. The molecule has 0 aliphatic carbocycles. The van der Waals surface area contributed by atoms with Crippen LogP contribution in [0.1, 0.15) is 39.2 Å². The average Bonchev–Trinajstić information content (AvgIpc) is 2.85. The van der Waals surface area contributed by atoms with Gasteiger partial charge in [0, 0.05) is 5.69 Å². The lowest BCUT2D eigenvalue weighted by Gasteiger charge is -2.15. The summed E-state index contributed by atoms with van der Waals surface area (Å²) in [6.07, 6.45) is 2.90. The van der Waals surface area contributed by atoms with Gasteiger partial charge in [-0.25, -0.2) is 9.07 Å². The van der Waals surface area contributed by atoms with E-state index in [1.54, 1.807) is 16.8 Å². The average molecular weight is 263 g/mol. The largest absolute Gasteiger partial charge is 0.399 e. The molecule has 6 heteroatoms. The molecular weight excluding hydrogens is 245 g/mol. The fraction of sp³-hybridized carbons (Fsp3) is 0.462. The highest BCUT2D eigenvalue weighted by Gasteiger charge is 2.18. The van der Waals surface area contributed by atoms with Gasteiger partial charge in [0.25, 0.3) is 0 Å². The van der Waals surface area contributed by atoms with Crippen molar-refractivity contribution in [2.45, 2.75) is 39.2 Å². The molecule has 0 fully saturated rings. The molecule has 0 saturated carbocycles. The molecule has 1 aromatic heterocycles. The van der Waals surface area contributed by atoms with Crippen LogP contribution < -0.4 is 5.73 Å². The zero-order valence-corrected chi connectivity index (χ0v) is 11.2. The summed E-state index contributed by atoms with van der Waals surface area (Å²) in [5.41, 5.74) is 6.33. The molecule has 1 atom stereocenters. The van der Waals surface area contributed by atoms with Gasteiger partial charge in [0.05, 0.1) is 11.6 Å². The maximum absolute atomic E-state index is 14.0. The van der Waals surface area contributed by atoms with Crippen LogP contribution in [-0.4, -0.2) is 20.2 Å². The molecule has 2 N–H and O–H groups in total. The van der Waals surface area contributed by atoms with Crippen molar-refractivity contribution in [3.63, 3.8) is 0 Å². The standard InChI is InChI=1S/C13H18FN5/c1-3-5-10(4-2)19-13(16-17-18-19)11-7-6-9(15)8-12(11)14/h6-8,10H,3-5,15H2,1-2H3. The minimum absolute atomic E-state index is 0.187. The van der Waals surface area contributed by atoms with E-state index in [0.717, 1.165) is 19.3 Å². The van der Waals surface area contributed by atoms with Crippen LogP contribution in [0.25, 0.3) is 11.4 Å². The topological polar surface area (TPSA) is 69.6 Å². The van der Waals surface area contributed by atoms with E-state index in [0.29, 0.717) is 17.1 Å². The van der Waals surface area contributed by atoms with Crippen LogP contribution in [-0.2, 0) is 0 Å². The third-order valence-corrected chi connectivity index (χ3v) is 3.17. The van der Waals surface area contributed by atoms with Gasteiger partial charge in [0.1, 0.15) is 5.82 Å². The Morgan fingerprint density at radius 1 is 1.37 bits per heavy atom. The van der Waals surface area contributed by atoms with E-state index < -0.39 is 5.82 Å². The number of anilines is 1. The van der Waals surface area contributed by atoms with Crippen LogP contribution >= 0.6 is 0 Å². The molecule has 0 amide bonds. The number of nitrogens with zero attached hydrogens (tertiary/aromatic N) is 4. The Kier molecular flexibility index (Phi) is 4.09. The molecule has 1 unspecified atom stereocenters. The zero-order valence-electron chi connectivity index (χ0n) is 11.2. The van der Waals surface area contributed by atoms with Crippen LogP contribution in [0.15, 0.2) is 18.2 Å². The van der Waals surface area contributed by atoms with Gasteiger partial charge in [-0.05, 0) is 41.5 Å². The van der Waals surface area contributed by atoms with E-state index in [9.17, 15) is 4.39 Å². The van der Waals surface area contributed by atoms with Crippen molar-refractivity contribution in [3.05, 3.63) is 24.0 Å². The van der Waals surface area contributed by atoms with Crippen LogP contribution in [0.5, 0.6) is 0 Å². The van der Waals surface area contributed by atoms with Gasteiger partial charge < -0.3 is 5.73 Å². The van der Waals surface area contributed by atoms with Crippen molar-refractivity contribution in [1.29, 1.82) is 0 Å². The lowest BCUT2D eigenvalue weighted by Crippen LogP contribution is -2.12. The molecule has 2 aromatic rings. The molecule has 5 nitrogen and oxygen atoms in total. The lowest BCUT2D eigenvalue weighted by atomic mass is 10.1. The summed E-state index contributed by atoms with van der Waals surface area (Å²) in [6, 6.07) is 4.74. The predicted molar refractivity (Wildman–Crippen MR) is 71.9 cm³/mol. The van der Waals surface area contributed by atoms with E-state index in [1.807, 2.05) is 0 Å². The van der Waals surface area contributed by atoms with Crippen LogP contribution in [0.3, 0.4) is 0 Å². The predicted octanol–water partition coefficient (Wildman–Crippen LogP) is 2.81. The number of nitrogens with two attached hydrogens (primary N) is 1. The van der Waals surface area contributed by atoms with Gasteiger partial charge in [0.15, 0.2) is 5.82 Å². The van der Waals surface area contributed by atoms with Crippen LogP contribution in [0.2, 0.25) is 0 Å². The normalized spacial score (nSPS) is 12.6. The SMILES string of the molecule is CCCC(CC)n1nnnc1-c1ccc(N)cc1F. The van der Waals surface area contributed by atoms with Crippen molar-refractivity contribution in [1.82, 2.24) is 20.2 Å². The number of aromatic nitrogens is 4. The first-order valence-electron chi connectivity index (χ1n) is 6.50. The van der Waals surface area contributed by atoms with Crippen LogP contribution in [0, 0.1) is 5.82 Å². The maximum atomic E-state index is 14.0. The highest BCUT2D eigenvalue weighted by Crippen LogP contribution is 2.26. The molecule has 0 saturated heterocycles. The van der Waals surface area contributed by atoms with Crippen molar-refractivity contribution in [2.75, 3.05) is 5.73 Å². The fourth-order valence-electron chi connectivity index (χ4n) is 2.16. The molecule has 1 aromatic carbocycles. The summed E-state index contributed by atoms with van der Waals surface area (Å²) < 4.78 is 15.7. The molecule has 1 heterocycles. The Hall–Kier alpha value is -1.98. The number of rotatable bonds is 5. The number of benzene rings is 1. The van der Waals surface area contributed by atoms with E-state index >= 15 is 0 Å². The van der Waals surface area contributed by atoms with E-state index in [4.69, 9.17) is 5.73 Å². The summed E-state index contributed by atoms with van der Waals surface area (Å²) in [4.78, 5) is 0. The van der Waals surface area contributed by atoms with Gasteiger partial charge >= 0.3 is 0 Å². The molecule has 0 aliphatic rings. The first-order chi connectivity index (χ1) is 9.17. The second-order valence-electron chi connectivity index (χ2n) is 4.54. The Labute approximate surface area is 111 Å². The van der Waals surface area contributed by atoms with Crippen molar-refractivity contribution >= 4 is 5.69 Å². The molecule has 2 rings (SSSR count). The number of hydrogen-bond acceptors (Lipinski definition) is 4. The Morgan fingerprint density at radius 2 is 2.16 bits per heavy atom. The maximum Gasteiger partial charge on any atom is 0.185 e. The minimum Gasteiger partial charge on any atom is -0.399 e. The summed E-state index contributed by atoms with van der Waals surface area (Å²) in [7, 11) is 0. The minimum atomic E-state index is -0.401. The zero-order chi connectivity index (χ0) is 13.8. The molecular formula is C13H18FN5. The summed E-state index contributed by atoms with van der Waals surface area (Å²) in [5.74, 6) is 0.0557. The van der Waals surface area contributed by atoms with Gasteiger partial charge in [-0.3, -0.25) is 0 Å². The highest BCUT2D eigenvalue weighted by molar-refractivity contribution is 5.59. The first kappa shape index (κ1) is 13.5. The summed E-state index contributed by atoms with van der Waals surface area (Å²) in [5, 5.41) is 11.6. The fourth-order valence-corrected chi connectivity index (χ4v) is 2.16.